The number of benzene rings is 1. The lowest BCUT2D eigenvalue weighted by Gasteiger charge is -2.34. The van der Waals surface area contributed by atoms with Gasteiger partial charge in [-0.05, 0) is 48.8 Å². The summed E-state index contributed by atoms with van der Waals surface area (Å²) < 4.78 is 27.8. The van der Waals surface area contributed by atoms with E-state index in [0.717, 1.165) is 31.2 Å². The lowest BCUT2D eigenvalue weighted by atomic mass is 9.87. The molecule has 120 valence electrons. The molecule has 2 atom stereocenters. The number of piperidine rings is 1. The van der Waals surface area contributed by atoms with Crippen LogP contribution in [0, 0.1) is 0 Å². The summed E-state index contributed by atoms with van der Waals surface area (Å²) in [6.07, 6.45) is 3.55. The Morgan fingerprint density at radius 3 is 2.00 bits per heavy atom. The number of fused-ring (bicyclic) bond motifs is 2. The largest absolute Gasteiger partial charge is 0.243 e. The van der Waals surface area contributed by atoms with Gasteiger partial charge in [-0.1, -0.05) is 45.1 Å². The summed E-state index contributed by atoms with van der Waals surface area (Å²) in [7, 11) is -3.39. The Kier molecular flexibility index (Phi) is 3.73. The van der Waals surface area contributed by atoms with Crippen molar-refractivity contribution in [2.24, 2.45) is 0 Å². The van der Waals surface area contributed by atoms with Crippen molar-refractivity contribution >= 4 is 10.0 Å². The third kappa shape index (κ3) is 2.63. The molecular weight excluding hydrogens is 294 g/mol. The predicted octanol–water partition coefficient (Wildman–Crippen LogP) is 3.86. The third-order valence-corrected chi connectivity index (χ3v) is 6.92. The SMILES string of the molecule is C=C1CC2CCC(C1)N2S(=O)(=O)c1ccc(C(C)(C)C)cc1. The van der Waals surface area contributed by atoms with Gasteiger partial charge in [-0.15, -0.1) is 0 Å². The van der Waals surface area contributed by atoms with Crippen molar-refractivity contribution in [2.75, 3.05) is 0 Å². The van der Waals surface area contributed by atoms with Crippen LogP contribution in [0.3, 0.4) is 0 Å². The monoisotopic (exact) mass is 319 g/mol. The van der Waals surface area contributed by atoms with Crippen LogP contribution in [0.4, 0.5) is 0 Å². The first kappa shape index (κ1) is 15.8. The van der Waals surface area contributed by atoms with Crippen LogP contribution in [0.5, 0.6) is 0 Å². The van der Waals surface area contributed by atoms with Crippen molar-refractivity contribution in [3.05, 3.63) is 42.0 Å². The number of sulfonamides is 1. The van der Waals surface area contributed by atoms with Crippen LogP contribution in [-0.4, -0.2) is 24.8 Å². The molecule has 2 saturated heterocycles. The highest BCUT2D eigenvalue weighted by atomic mass is 32.2. The minimum absolute atomic E-state index is 0.0319. The summed E-state index contributed by atoms with van der Waals surface area (Å²) in [6.45, 7) is 10.5. The normalized spacial score (nSPS) is 26.4. The van der Waals surface area contributed by atoms with Crippen LogP contribution in [0.25, 0.3) is 0 Å². The topological polar surface area (TPSA) is 37.4 Å². The van der Waals surface area contributed by atoms with E-state index >= 15 is 0 Å². The summed E-state index contributed by atoms with van der Waals surface area (Å²) in [6, 6.07) is 7.63. The third-order valence-electron chi connectivity index (χ3n) is 4.90. The maximum Gasteiger partial charge on any atom is 0.243 e. The number of hydrogen-bond donors (Lipinski definition) is 0. The molecule has 2 unspecified atom stereocenters. The molecule has 0 amide bonds. The Morgan fingerprint density at radius 2 is 1.55 bits per heavy atom. The number of nitrogens with zero attached hydrogens (tertiary/aromatic N) is 1. The average molecular weight is 319 g/mol. The van der Waals surface area contributed by atoms with Crippen molar-refractivity contribution in [3.63, 3.8) is 0 Å². The van der Waals surface area contributed by atoms with E-state index in [1.165, 1.54) is 5.57 Å². The fourth-order valence-electron chi connectivity index (χ4n) is 3.71. The first-order valence-corrected chi connectivity index (χ1v) is 9.44. The van der Waals surface area contributed by atoms with E-state index in [-0.39, 0.29) is 17.5 Å². The van der Waals surface area contributed by atoms with Gasteiger partial charge in [-0.2, -0.15) is 4.31 Å². The van der Waals surface area contributed by atoms with Crippen LogP contribution in [0.2, 0.25) is 0 Å². The van der Waals surface area contributed by atoms with E-state index in [2.05, 4.69) is 27.4 Å². The Balaban J connectivity index is 1.92. The Hall–Kier alpha value is -1.13. The molecule has 22 heavy (non-hydrogen) atoms. The Morgan fingerprint density at radius 1 is 1.05 bits per heavy atom. The summed E-state index contributed by atoms with van der Waals surface area (Å²) in [5, 5.41) is 0. The molecule has 0 radical (unpaired) electrons. The standard InChI is InChI=1S/C18H25NO2S/c1-13-11-15-7-8-16(12-13)19(15)22(20,21)17-9-5-14(6-10-17)18(2,3)4/h5-6,9-10,15-16H,1,7-8,11-12H2,2-4H3. The van der Waals surface area contributed by atoms with Gasteiger partial charge >= 0.3 is 0 Å². The van der Waals surface area contributed by atoms with E-state index < -0.39 is 10.0 Å². The molecule has 0 aliphatic carbocycles. The van der Waals surface area contributed by atoms with E-state index in [0.29, 0.717) is 4.90 Å². The van der Waals surface area contributed by atoms with Gasteiger partial charge in [0.2, 0.25) is 10.0 Å². The number of rotatable bonds is 2. The van der Waals surface area contributed by atoms with Crippen LogP contribution in [0.15, 0.2) is 41.3 Å². The summed E-state index contributed by atoms with van der Waals surface area (Å²) in [5.74, 6) is 0. The zero-order valence-electron chi connectivity index (χ0n) is 13.7. The summed E-state index contributed by atoms with van der Waals surface area (Å²) in [4.78, 5) is 0.421. The van der Waals surface area contributed by atoms with E-state index in [4.69, 9.17) is 0 Å². The minimum atomic E-state index is -3.39. The summed E-state index contributed by atoms with van der Waals surface area (Å²) in [5.41, 5.74) is 2.38. The molecule has 4 heteroatoms. The molecule has 1 aromatic carbocycles. The second-order valence-corrected chi connectivity index (χ2v) is 9.50. The van der Waals surface area contributed by atoms with E-state index in [1.54, 1.807) is 16.4 Å². The van der Waals surface area contributed by atoms with Crippen molar-refractivity contribution in [1.29, 1.82) is 0 Å². The molecule has 0 aromatic heterocycles. The second kappa shape index (κ2) is 5.20. The van der Waals surface area contributed by atoms with Gasteiger partial charge in [0.25, 0.3) is 0 Å². The fourth-order valence-corrected chi connectivity index (χ4v) is 5.58. The molecule has 3 nitrogen and oxygen atoms in total. The highest BCUT2D eigenvalue weighted by Crippen LogP contribution is 2.41. The van der Waals surface area contributed by atoms with Crippen LogP contribution in [-0.2, 0) is 15.4 Å². The lowest BCUT2D eigenvalue weighted by molar-refractivity contribution is 0.286. The molecule has 0 saturated carbocycles. The van der Waals surface area contributed by atoms with Crippen LogP contribution in [0.1, 0.15) is 52.0 Å². The fraction of sp³-hybridized carbons (Fsp3) is 0.556. The van der Waals surface area contributed by atoms with E-state index in [1.807, 2.05) is 12.1 Å². The van der Waals surface area contributed by atoms with Crippen molar-refractivity contribution < 1.29 is 8.42 Å². The van der Waals surface area contributed by atoms with Crippen LogP contribution >= 0.6 is 0 Å². The Labute approximate surface area is 134 Å². The van der Waals surface area contributed by atoms with Gasteiger partial charge in [-0.3, -0.25) is 0 Å². The highest BCUT2D eigenvalue weighted by molar-refractivity contribution is 7.89. The lowest BCUT2D eigenvalue weighted by Crippen LogP contribution is -2.44. The molecule has 2 aliphatic rings. The van der Waals surface area contributed by atoms with Crippen LogP contribution < -0.4 is 0 Å². The van der Waals surface area contributed by atoms with Gasteiger partial charge in [0.15, 0.2) is 0 Å². The predicted molar refractivity (Wildman–Crippen MR) is 89.4 cm³/mol. The average Bonchev–Trinajstić information content (AvgIpc) is 2.71. The second-order valence-electron chi connectivity index (χ2n) is 7.65. The van der Waals surface area contributed by atoms with Gasteiger partial charge in [0.05, 0.1) is 4.90 Å². The van der Waals surface area contributed by atoms with Crippen molar-refractivity contribution in [3.8, 4) is 0 Å². The summed E-state index contributed by atoms with van der Waals surface area (Å²) >= 11 is 0. The molecule has 1 aromatic rings. The van der Waals surface area contributed by atoms with Gasteiger partial charge in [0, 0.05) is 12.1 Å². The first-order chi connectivity index (χ1) is 10.2. The molecule has 0 N–H and O–H groups in total. The molecule has 2 bridgehead atoms. The first-order valence-electron chi connectivity index (χ1n) is 8.00. The maximum absolute atomic E-state index is 13.0. The molecule has 2 aliphatic heterocycles. The zero-order valence-corrected chi connectivity index (χ0v) is 14.5. The minimum Gasteiger partial charge on any atom is -0.207 e. The molecule has 2 heterocycles. The van der Waals surface area contributed by atoms with Crippen molar-refractivity contribution in [2.45, 2.75) is 68.8 Å². The quantitative estimate of drug-likeness (QED) is 0.776. The highest BCUT2D eigenvalue weighted by Gasteiger charge is 2.45. The van der Waals surface area contributed by atoms with Gasteiger partial charge in [-0.25, -0.2) is 8.42 Å². The molecular formula is C18H25NO2S. The van der Waals surface area contributed by atoms with Gasteiger partial charge < -0.3 is 0 Å². The molecule has 2 fully saturated rings. The van der Waals surface area contributed by atoms with Crippen molar-refractivity contribution in [1.82, 2.24) is 4.31 Å². The molecule has 0 spiro atoms. The molecule has 3 rings (SSSR count). The zero-order chi connectivity index (χ0) is 16.1. The smallest absolute Gasteiger partial charge is 0.207 e. The van der Waals surface area contributed by atoms with E-state index in [9.17, 15) is 8.42 Å². The number of hydrogen-bond acceptors (Lipinski definition) is 2. The Bertz CT molecular complexity index is 667. The maximum atomic E-state index is 13.0. The van der Waals surface area contributed by atoms with Gasteiger partial charge in [0.1, 0.15) is 0 Å².